The maximum absolute atomic E-state index is 12.4. The molecule has 1 fully saturated rings. The number of rotatable bonds is 6. The van der Waals surface area contributed by atoms with Crippen LogP contribution < -0.4 is 10.2 Å². The first-order chi connectivity index (χ1) is 13.1. The highest BCUT2D eigenvalue weighted by Crippen LogP contribution is 2.20. The van der Waals surface area contributed by atoms with Crippen LogP contribution in [0.3, 0.4) is 0 Å². The number of piperazine rings is 1. The number of nitrogens with zero attached hydrogens (tertiary/aromatic N) is 3. The van der Waals surface area contributed by atoms with Crippen molar-refractivity contribution in [3.63, 3.8) is 0 Å². The molecule has 0 atom stereocenters. The third-order valence-electron chi connectivity index (χ3n) is 5.12. The minimum atomic E-state index is -0.353. The van der Waals surface area contributed by atoms with E-state index < -0.39 is 0 Å². The summed E-state index contributed by atoms with van der Waals surface area (Å²) in [7, 11) is 0. The third-order valence-corrected chi connectivity index (χ3v) is 5.12. The Labute approximate surface area is 169 Å². The van der Waals surface area contributed by atoms with E-state index >= 15 is 0 Å². The molecule has 1 saturated heterocycles. The van der Waals surface area contributed by atoms with E-state index in [0.29, 0.717) is 25.7 Å². The van der Waals surface area contributed by atoms with E-state index in [1.54, 1.807) is 0 Å². The van der Waals surface area contributed by atoms with E-state index in [9.17, 15) is 9.59 Å². The molecule has 28 heavy (non-hydrogen) atoms. The van der Waals surface area contributed by atoms with Gasteiger partial charge in [-0.05, 0) is 45.0 Å². The lowest BCUT2D eigenvalue weighted by Gasteiger charge is -2.37. The molecule has 1 aliphatic heterocycles. The zero-order valence-electron chi connectivity index (χ0n) is 18.3. The van der Waals surface area contributed by atoms with Crippen molar-refractivity contribution in [3.05, 3.63) is 24.3 Å². The Morgan fingerprint density at radius 1 is 1.07 bits per heavy atom. The van der Waals surface area contributed by atoms with Gasteiger partial charge in [-0.15, -0.1) is 0 Å². The van der Waals surface area contributed by atoms with E-state index in [-0.39, 0.29) is 17.2 Å². The van der Waals surface area contributed by atoms with Gasteiger partial charge in [0.1, 0.15) is 0 Å². The molecular formula is C22H36N4O2. The van der Waals surface area contributed by atoms with Crippen molar-refractivity contribution in [3.8, 4) is 0 Å². The van der Waals surface area contributed by atoms with Crippen molar-refractivity contribution in [2.45, 2.75) is 47.6 Å². The standard InChI is InChI=1S/C22H36N4O2/c1-7-26(17(2)3)19-10-8-18(9-11-19)23-20(27)16-24-12-14-25(15-13-24)21(28)22(4,5)6/h8-11,17H,7,12-16H2,1-6H3,(H,23,27). The van der Waals surface area contributed by atoms with Gasteiger partial charge in [0, 0.05) is 55.6 Å². The Morgan fingerprint density at radius 3 is 2.11 bits per heavy atom. The van der Waals surface area contributed by atoms with Gasteiger partial charge in [-0.3, -0.25) is 14.5 Å². The first kappa shape index (κ1) is 22.2. The highest BCUT2D eigenvalue weighted by atomic mass is 16.2. The largest absolute Gasteiger partial charge is 0.369 e. The van der Waals surface area contributed by atoms with Crippen molar-refractivity contribution in [2.75, 3.05) is 49.5 Å². The molecule has 0 unspecified atom stereocenters. The summed E-state index contributed by atoms with van der Waals surface area (Å²) >= 11 is 0. The molecular weight excluding hydrogens is 352 g/mol. The maximum Gasteiger partial charge on any atom is 0.238 e. The summed E-state index contributed by atoms with van der Waals surface area (Å²) in [4.78, 5) is 31.1. The lowest BCUT2D eigenvalue weighted by atomic mass is 9.94. The lowest BCUT2D eigenvalue weighted by molar-refractivity contribution is -0.141. The van der Waals surface area contributed by atoms with Crippen LogP contribution in [0.2, 0.25) is 0 Å². The van der Waals surface area contributed by atoms with Crippen LogP contribution in [0.25, 0.3) is 0 Å². The predicted octanol–water partition coefficient (Wildman–Crippen LogP) is 3.05. The molecule has 1 aliphatic rings. The summed E-state index contributed by atoms with van der Waals surface area (Å²) in [5.41, 5.74) is 1.62. The van der Waals surface area contributed by atoms with E-state index in [2.05, 4.69) is 48.0 Å². The average Bonchev–Trinajstić information content (AvgIpc) is 2.62. The molecule has 0 aliphatic carbocycles. The van der Waals surface area contributed by atoms with Crippen molar-refractivity contribution in [1.29, 1.82) is 0 Å². The monoisotopic (exact) mass is 388 g/mol. The predicted molar refractivity (Wildman–Crippen MR) is 116 cm³/mol. The van der Waals surface area contributed by atoms with Gasteiger partial charge in [-0.2, -0.15) is 0 Å². The van der Waals surface area contributed by atoms with Gasteiger partial charge < -0.3 is 15.1 Å². The summed E-state index contributed by atoms with van der Waals surface area (Å²) in [6.07, 6.45) is 0. The quantitative estimate of drug-likeness (QED) is 0.814. The second-order valence-electron chi connectivity index (χ2n) is 8.79. The molecule has 0 bridgehead atoms. The van der Waals surface area contributed by atoms with Gasteiger partial charge in [0.25, 0.3) is 0 Å². The zero-order chi connectivity index (χ0) is 20.9. The van der Waals surface area contributed by atoms with E-state index in [1.807, 2.05) is 37.8 Å². The van der Waals surface area contributed by atoms with Gasteiger partial charge in [0.15, 0.2) is 0 Å². The highest BCUT2D eigenvalue weighted by Gasteiger charge is 2.30. The Bertz CT molecular complexity index is 656. The van der Waals surface area contributed by atoms with Gasteiger partial charge in [0.2, 0.25) is 11.8 Å². The molecule has 1 heterocycles. The normalized spacial score (nSPS) is 15.6. The van der Waals surface area contributed by atoms with Crippen LogP contribution in [0.1, 0.15) is 41.5 Å². The number of hydrogen-bond donors (Lipinski definition) is 1. The zero-order valence-corrected chi connectivity index (χ0v) is 18.3. The topological polar surface area (TPSA) is 55.9 Å². The number of anilines is 2. The molecule has 2 amide bonds. The fourth-order valence-corrected chi connectivity index (χ4v) is 3.57. The first-order valence-corrected chi connectivity index (χ1v) is 10.3. The second-order valence-corrected chi connectivity index (χ2v) is 8.79. The fourth-order valence-electron chi connectivity index (χ4n) is 3.57. The Morgan fingerprint density at radius 2 is 1.64 bits per heavy atom. The summed E-state index contributed by atoms with van der Waals surface area (Å²) in [5, 5.41) is 2.98. The van der Waals surface area contributed by atoms with Gasteiger partial charge in [-0.25, -0.2) is 0 Å². The molecule has 1 aromatic carbocycles. The number of benzene rings is 1. The second kappa shape index (κ2) is 9.41. The molecule has 6 heteroatoms. The number of carbonyl (C=O) groups is 2. The molecule has 2 rings (SSSR count). The fraction of sp³-hybridized carbons (Fsp3) is 0.636. The van der Waals surface area contributed by atoms with E-state index in [4.69, 9.17) is 0 Å². The first-order valence-electron chi connectivity index (χ1n) is 10.3. The van der Waals surface area contributed by atoms with Crippen LogP contribution in [0, 0.1) is 5.41 Å². The van der Waals surface area contributed by atoms with Gasteiger partial charge in [-0.1, -0.05) is 20.8 Å². The van der Waals surface area contributed by atoms with Crippen LogP contribution in [0.4, 0.5) is 11.4 Å². The highest BCUT2D eigenvalue weighted by molar-refractivity contribution is 5.92. The minimum absolute atomic E-state index is 0.0143. The van der Waals surface area contributed by atoms with Gasteiger partial charge >= 0.3 is 0 Å². The summed E-state index contributed by atoms with van der Waals surface area (Å²) in [5.74, 6) is 0.166. The van der Waals surface area contributed by atoms with E-state index in [0.717, 1.165) is 31.0 Å². The van der Waals surface area contributed by atoms with Crippen LogP contribution in [-0.4, -0.2) is 66.9 Å². The minimum Gasteiger partial charge on any atom is -0.369 e. The smallest absolute Gasteiger partial charge is 0.238 e. The molecule has 0 radical (unpaired) electrons. The third kappa shape index (κ3) is 5.96. The molecule has 156 valence electrons. The van der Waals surface area contributed by atoms with Gasteiger partial charge in [0.05, 0.1) is 6.54 Å². The average molecular weight is 389 g/mol. The number of nitrogens with one attached hydrogen (secondary N) is 1. The summed E-state index contributed by atoms with van der Waals surface area (Å²) in [6.45, 7) is 16.5. The van der Waals surface area contributed by atoms with Crippen molar-refractivity contribution in [1.82, 2.24) is 9.80 Å². The SMILES string of the molecule is CCN(c1ccc(NC(=O)CN2CCN(C(=O)C(C)(C)C)CC2)cc1)C(C)C. The molecule has 0 saturated carbocycles. The van der Waals surface area contributed by atoms with E-state index in [1.165, 1.54) is 0 Å². The molecule has 1 aromatic rings. The van der Waals surface area contributed by atoms with Crippen molar-refractivity contribution < 1.29 is 9.59 Å². The van der Waals surface area contributed by atoms with Crippen LogP contribution in [0.15, 0.2) is 24.3 Å². The van der Waals surface area contributed by atoms with Crippen LogP contribution in [-0.2, 0) is 9.59 Å². The Kier molecular flexibility index (Phi) is 7.47. The maximum atomic E-state index is 12.4. The van der Waals surface area contributed by atoms with Crippen LogP contribution in [0.5, 0.6) is 0 Å². The Balaban J connectivity index is 1.82. The van der Waals surface area contributed by atoms with Crippen LogP contribution >= 0.6 is 0 Å². The van der Waals surface area contributed by atoms with Crippen molar-refractivity contribution >= 4 is 23.2 Å². The number of carbonyl (C=O) groups excluding carboxylic acids is 2. The summed E-state index contributed by atoms with van der Waals surface area (Å²) < 4.78 is 0. The van der Waals surface area contributed by atoms with Crippen molar-refractivity contribution in [2.24, 2.45) is 5.41 Å². The number of hydrogen-bond acceptors (Lipinski definition) is 4. The lowest BCUT2D eigenvalue weighted by Crippen LogP contribution is -2.52. The summed E-state index contributed by atoms with van der Waals surface area (Å²) in [6, 6.07) is 8.46. The molecule has 1 N–H and O–H groups in total. The molecule has 0 spiro atoms. The number of amides is 2. The molecule has 0 aromatic heterocycles. The Hall–Kier alpha value is -2.08. The molecule has 6 nitrogen and oxygen atoms in total.